The van der Waals surface area contributed by atoms with Crippen molar-refractivity contribution in [1.29, 1.82) is 0 Å². The molecule has 0 amide bonds. The van der Waals surface area contributed by atoms with E-state index >= 15 is 0 Å². The molecule has 0 aliphatic carbocycles. The summed E-state index contributed by atoms with van der Waals surface area (Å²) < 4.78 is 19.2. The number of methoxy groups -OCH3 is 2. The fourth-order valence-electron chi connectivity index (χ4n) is 3.59. The minimum Gasteiger partial charge on any atom is -0.493 e. The van der Waals surface area contributed by atoms with Crippen molar-refractivity contribution < 1.29 is 14.2 Å². The first-order chi connectivity index (χ1) is 16.4. The summed E-state index contributed by atoms with van der Waals surface area (Å²) in [6.07, 6.45) is 1.56. The van der Waals surface area contributed by atoms with Crippen LogP contribution in [-0.2, 0) is 6.61 Å². The van der Waals surface area contributed by atoms with E-state index in [0.717, 1.165) is 15.6 Å². The Bertz CT molecular complexity index is 1420. The lowest BCUT2D eigenvalue weighted by atomic mass is 10.1. The third-order valence-electron chi connectivity index (χ3n) is 5.24. The quantitative estimate of drug-likeness (QED) is 0.310. The van der Waals surface area contributed by atoms with Crippen LogP contribution in [0.15, 0.2) is 69.0 Å². The lowest BCUT2D eigenvalue weighted by molar-refractivity contribution is 0.266. The summed E-state index contributed by atoms with van der Waals surface area (Å²) in [5.41, 5.74) is 3.25. The molecule has 0 unspecified atom stereocenters. The van der Waals surface area contributed by atoms with Crippen molar-refractivity contribution in [2.24, 2.45) is 5.10 Å². The number of ether oxygens (including phenoxy) is 3. The number of halogens is 1. The maximum absolute atomic E-state index is 13.0. The molecule has 0 bridgehead atoms. The second kappa shape index (κ2) is 10.1. The highest BCUT2D eigenvalue weighted by molar-refractivity contribution is 9.10. The number of hydrogen-bond donors (Lipinski definition) is 0. The number of aromatic nitrogens is 2. The van der Waals surface area contributed by atoms with Crippen LogP contribution in [-0.4, -0.2) is 30.1 Å². The molecule has 0 aliphatic rings. The van der Waals surface area contributed by atoms with Gasteiger partial charge >= 0.3 is 0 Å². The lowest BCUT2D eigenvalue weighted by Crippen LogP contribution is -2.20. The van der Waals surface area contributed by atoms with Gasteiger partial charge in [-0.15, -0.1) is 0 Å². The predicted octanol–water partition coefficient (Wildman–Crippen LogP) is 5.25. The number of rotatable bonds is 7. The van der Waals surface area contributed by atoms with Crippen molar-refractivity contribution in [3.8, 4) is 17.2 Å². The third kappa shape index (κ3) is 4.97. The van der Waals surface area contributed by atoms with E-state index in [4.69, 9.17) is 14.2 Å². The molecule has 4 rings (SSSR count). The second-order valence-electron chi connectivity index (χ2n) is 7.71. The summed E-state index contributed by atoms with van der Waals surface area (Å²) in [5, 5.41) is 4.87. The molecular formula is C26H24BrN3O4. The zero-order chi connectivity index (χ0) is 24.2. The van der Waals surface area contributed by atoms with E-state index in [1.807, 2.05) is 31.2 Å². The maximum atomic E-state index is 13.0. The summed E-state index contributed by atoms with van der Waals surface area (Å²) in [6.45, 7) is 4.15. The summed E-state index contributed by atoms with van der Waals surface area (Å²) in [7, 11) is 3.13. The Balaban J connectivity index is 1.67. The Hall–Kier alpha value is -3.65. The van der Waals surface area contributed by atoms with Gasteiger partial charge in [0.1, 0.15) is 12.4 Å². The Labute approximate surface area is 205 Å². The van der Waals surface area contributed by atoms with Gasteiger partial charge in [-0.1, -0.05) is 45.8 Å². The predicted molar refractivity (Wildman–Crippen MR) is 136 cm³/mol. The van der Waals surface area contributed by atoms with E-state index in [1.165, 1.54) is 4.68 Å². The standard InChI is InChI=1S/C26H24BrN3O4/c1-16-6-5-7-18(10-16)15-34-25-23(32-3)11-19(12-24(25)33-4)14-28-30-17(2)29-22-9-8-20(27)13-21(22)26(30)31/h5-14H,15H2,1-4H3. The van der Waals surface area contributed by atoms with Crippen molar-refractivity contribution in [3.05, 3.63) is 91.9 Å². The van der Waals surface area contributed by atoms with Gasteiger partial charge in [-0.05, 0) is 49.7 Å². The Morgan fingerprint density at radius 2 is 1.76 bits per heavy atom. The van der Waals surface area contributed by atoms with E-state index in [0.29, 0.717) is 46.1 Å². The molecule has 7 nitrogen and oxygen atoms in total. The number of hydrogen-bond acceptors (Lipinski definition) is 6. The Morgan fingerprint density at radius 3 is 2.44 bits per heavy atom. The van der Waals surface area contributed by atoms with Crippen molar-refractivity contribution >= 4 is 33.0 Å². The molecule has 174 valence electrons. The highest BCUT2D eigenvalue weighted by Crippen LogP contribution is 2.38. The molecule has 0 saturated carbocycles. The molecule has 1 heterocycles. The smallest absolute Gasteiger partial charge is 0.282 e. The number of aryl methyl sites for hydroxylation is 2. The van der Waals surface area contributed by atoms with Crippen LogP contribution in [0, 0.1) is 13.8 Å². The van der Waals surface area contributed by atoms with Crippen LogP contribution in [0.25, 0.3) is 10.9 Å². The van der Waals surface area contributed by atoms with Crippen LogP contribution < -0.4 is 19.8 Å². The first-order valence-electron chi connectivity index (χ1n) is 10.6. The molecular weight excluding hydrogens is 498 g/mol. The largest absolute Gasteiger partial charge is 0.493 e. The normalized spacial score (nSPS) is 11.2. The fourth-order valence-corrected chi connectivity index (χ4v) is 3.96. The van der Waals surface area contributed by atoms with Crippen LogP contribution in [0.5, 0.6) is 17.2 Å². The number of benzene rings is 3. The van der Waals surface area contributed by atoms with E-state index in [9.17, 15) is 4.79 Å². The summed E-state index contributed by atoms with van der Waals surface area (Å²) >= 11 is 3.40. The number of fused-ring (bicyclic) bond motifs is 1. The number of nitrogens with zero attached hydrogens (tertiary/aromatic N) is 3. The first kappa shape index (κ1) is 23.5. The van der Waals surface area contributed by atoms with Gasteiger partial charge in [-0.2, -0.15) is 9.78 Å². The Morgan fingerprint density at radius 1 is 1.03 bits per heavy atom. The second-order valence-corrected chi connectivity index (χ2v) is 8.63. The lowest BCUT2D eigenvalue weighted by Gasteiger charge is -2.15. The summed E-state index contributed by atoms with van der Waals surface area (Å²) in [5.74, 6) is 1.97. The molecule has 0 saturated heterocycles. The van der Waals surface area contributed by atoms with Gasteiger partial charge in [0.2, 0.25) is 5.75 Å². The molecule has 34 heavy (non-hydrogen) atoms. The minimum atomic E-state index is -0.253. The topological polar surface area (TPSA) is 74.9 Å². The van der Waals surface area contributed by atoms with Crippen LogP contribution in [0.1, 0.15) is 22.5 Å². The third-order valence-corrected chi connectivity index (χ3v) is 5.73. The van der Waals surface area contributed by atoms with Crippen LogP contribution >= 0.6 is 15.9 Å². The SMILES string of the molecule is COc1cc(C=Nn2c(C)nc3ccc(Br)cc3c2=O)cc(OC)c1OCc1cccc(C)c1. The van der Waals surface area contributed by atoms with Crippen molar-refractivity contribution in [3.63, 3.8) is 0 Å². The van der Waals surface area contributed by atoms with Gasteiger partial charge in [-0.3, -0.25) is 4.79 Å². The van der Waals surface area contributed by atoms with E-state index in [2.05, 4.69) is 32.1 Å². The Kier molecular flexibility index (Phi) is 6.98. The molecule has 0 radical (unpaired) electrons. The first-order valence-corrected chi connectivity index (χ1v) is 11.4. The molecule has 8 heteroatoms. The van der Waals surface area contributed by atoms with Crippen molar-refractivity contribution in [1.82, 2.24) is 9.66 Å². The zero-order valence-corrected chi connectivity index (χ0v) is 20.9. The molecule has 0 N–H and O–H groups in total. The molecule has 0 fully saturated rings. The molecule has 0 atom stereocenters. The van der Waals surface area contributed by atoms with Crippen LogP contribution in [0.4, 0.5) is 0 Å². The summed E-state index contributed by atoms with van der Waals surface area (Å²) in [6, 6.07) is 17.0. The van der Waals surface area contributed by atoms with Gasteiger partial charge in [0.15, 0.2) is 11.5 Å². The monoisotopic (exact) mass is 521 g/mol. The minimum absolute atomic E-state index is 0.253. The average molecular weight is 522 g/mol. The molecule has 4 aromatic rings. The highest BCUT2D eigenvalue weighted by Gasteiger charge is 2.15. The van der Waals surface area contributed by atoms with Gasteiger partial charge in [0, 0.05) is 10.0 Å². The van der Waals surface area contributed by atoms with Gasteiger partial charge in [0.05, 0.1) is 31.3 Å². The molecule has 1 aromatic heterocycles. The van der Waals surface area contributed by atoms with Crippen molar-refractivity contribution in [2.45, 2.75) is 20.5 Å². The van der Waals surface area contributed by atoms with Gasteiger partial charge in [-0.25, -0.2) is 4.98 Å². The van der Waals surface area contributed by atoms with E-state index in [-0.39, 0.29) is 5.56 Å². The van der Waals surface area contributed by atoms with Gasteiger partial charge in [0.25, 0.3) is 5.56 Å². The molecule has 3 aromatic carbocycles. The average Bonchev–Trinajstić information content (AvgIpc) is 2.83. The summed E-state index contributed by atoms with van der Waals surface area (Å²) in [4.78, 5) is 17.5. The molecule has 0 spiro atoms. The fraction of sp³-hybridized carbons (Fsp3) is 0.192. The maximum Gasteiger partial charge on any atom is 0.282 e. The zero-order valence-electron chi connectivity index (χ0n) is 19.3. The van der Waals surface area contributed by atoms with E-state index in [1.54, 1.807) is 51.6 Å². The van der Waals surface area contributed by atoms with Crippen LogP contribution in [0.2, 0.25) is 0 Å². The van der Waals surface area contributed by atoms with Gasteiger partial charge < -0.3 is 14.2 Å². The highest BCUT2D eigenvalue weighted by atomic mass is 79.9. The molecule has 0 aliphatic heterocycles. The van der Waals surface area contributed by atoms with Crippen LogP contribution in [0.3, 0.4) is 0 Å². The van der Waals surface area contributed by atoms with Crippen molar-refractivity contribution in [2.75, 3.05) is 14.2 Å². The van der Waals surface area contributed by atoms with E-state index < -0.39 is 0 Å².